The van der Waals surface area contributed by atoms with Crippen molar-refractivity contribution < 1.29 is 9.90 Å². The number of likely N-dealkylation sites (N-methyl/N-ethyl adjacent to an activating group) is 1. The second kappa shape index (κ2) is 5.31. The van der Waals surface area contributed by atoms with Crippen molar-refractivity contribution >= 4 is 5.91 Å². The molecule has 1 atom stereocenters. The number of carbonyl (C=O) groups is 1. The van der Waals surface area contributed by atoms with Gasteiger partial charge in [-0.05, 0) is 50.1 Å². The zero-order valence-corrected chi connectivity index (χ0v) is 11.9. The molecule has 0 spiro atoms. The third kappa shape index (κ3) is 3.14. The number of aryl methyl sites for hydroxylation is 2. The van der Waals surface area contributed by atoms with E-state index in [0.29, 0.717) is 25.1 Å². The molecule has 4 nitrogen and oxygen atoms in total. The molecule has 1 saturated heterocycles. The fourth-order valence-electron chi connectivity index (χ4n) is 2.47. The summed E-state index contributed by atoms with van der Waals surface area (Å²) in [6, 6.07) is 5.71. The van der Waals surface area contributed by atoms with Gasteiger partial charge >= 0.3 is 0 Å². The van der Waals surface area contributed by atoms with E-state index >= 15 is 0 Å². The lowest BCUT2D eigenvalue weighted by Crippen LogP contribution is -2.45. The third-order valence-electron chi connectivity index (χ3n) is 3.85. The van der Waals surface area contributed by atoms with Crippen molar-refractivity contribution in [2.24, 2.45) is 0 Å². The summed E-state index contributed by atoms with van der Waals surface area (Å²) in [4.78, 5) is 13.9. The van der Waals surface area contributed by atoms with E-state index in [9.17, 15) is 9.90 Å². The van der Waals surface area contributed by atoms with Crippen LogP contribution in [-0.4, -0.2) is 48.2 Å². The van der Waals surface area contributed by atoms with Gasteiger partial charge in [-0.15, -0.1) is 0 Å². The molecule has 4 heteroatoms. The van der Waals surface area contributed by atoms with Crippen molar-refractivity contribution in [2.75, 3.05) is 26.7 Å². The average molecular weight is 262 g/mol. The molecule has 1 amide bonds. The van der Waals surface area contributed by atoms with Crippen molar-refractivity contribution in [1.29, 1.82) is 0 Å². The van der Waals surface area contributed by atoms with E-state index in [4.69, 9.17) is 0 Å². The van der Waals surface area contributed by atoms with E-state index in [2.05, 4.69) is 5.32 Å². The van der Waals surface area contributed by atoms with Gasteiger partial charge in [-0.1, -0.05) is 6.07 Å². The molecule has 2 N–H and O–H groups in total. The molecule has 0 aromatic heterocycles. The number of β-amino-alcohol motifs (C(OH)–C–C–N with tert-alkyl or cyclic N) is 1. The first-order valence-corrected chi connectivity index (χ1v) is 6.67. The standard InChI is InChI=1S/C15H22N2O2/c1-11-4-5-13(8-12(11)2)14(18)17(3)10-15(19)6-7-16-9-15/h4-5,8,16,19H,6-7,9-10H2,1-3H3. The van der Waals surface area contributed by atoms with E-state index in [1.54, 1.807) is 11.9 Å². The number of nitrogens with zero attached hydrogens (tertiary/aromatic N) is 1. The number of amides is 1. The summed E-state index contributed by atoms with van der Waals surface area (Å²) in [5.41, 5.74) is 2.18. The van der Waals surface area contributed by atoms with Crippen LogP contribution in [0.4, 0.5) is 0 Å². The van der Waals surface area contributed by atoms with Crippen molar-refractivity contribution in [1.82, 2.24) is 10.2 Å². The van der Waals surface area contributed by atoms with Crippen molar-refractivity contribution in [3.05, 3.63) is 34.9 Å². The minimum atomic E-state index is -0.788. The highest BCUT2D eigenvalue weighted by Crippen LogP contribution is 2.17. The summed E-state index contributed by atoms with van der Waals surface area (Å²) in [7, 11) is 1.74. The van der Waals surface area contributed by atoms with Crippen LogP contribution in [0.25, 0.3) is 0 Å². The molecule has 1 heterocycles. The Hall–Kier alpha value is -1.39. The third-order valence-corrected chi connectivity index (χ3v) is 3.85. The Kier molecular flexibility index (Phi) is 3.92. The summed E-state index contributed by atoms with van der Waals surface area (Å²) in [6.07, 6.45) is 0.692. The highest BCUT2D eigenvalue weighted by molar-refractivity contribution is 5.94. The number of benzene rings is 1. The minimum Gasteiger partial charge on any atom is -0.387 e. The Morgan fingerprint density at radius 3 is 2.74 bits per heavy atom. The SMILES string of the molecule is Cc1ccc(C(=O)N(C)CC2(O)CCNC2)cc1C. The van der Waals surface area contributed by atoms with Crippen LogP contribution in [0.1, 0.15) is 27.9 Å². The fraction of sp³-hybridized carbons (Fsp3) is 0.533. The predicted molar refractivity (Wildman–Crippen MR) is 75.3 cm³/mol. The molecule has 1 fully saturated rings. The second-order valence-electron chi connectivity index (χ2n) is 5.61. The molecule has 19 heavy (non-hydrogen) atoms. The van der Waals surface area contributed by atoms with Crippen LogP contribution >= 0.6 is 0 Å². The zero-order chi connectivity index (χ0) is 14.0. The van der Waals surface area contributed by atoms with Gasteiger partial charge in [0, 0.05) is 19.2 Å². The maximum Gasteiger partial charge on any atom is 0.253 e. The minimum absolute atomic E-state index is 0.0385. The number of aliphatic hydroxyl groups is 1. The van der Waals surface area contributed by atoms with Crippen molar-refractivity contribution in [2.45, 2.75) is 25.9 Å². The molecule has 2 rings (SSSR count). The summed E-state index contributed by atoms with van der Waals surface area (Å²) >= 11 is 0. The summed E-state index contributed by atoms with van der Waals surface area (Å²) in [5.74, 6) is -0.0385. The maximum atomic E-state index is 12.3. The van der Waals surface area contributed by atoms with Gasteiger partial charge in [0.2, 0.25) is 0 Å². The molecule has 1 unspecified atom stereocenters. The molecule has 104 valence electrons. The van der Waals surface area contributed by atoms with Gasteiger partial charge in [0.25, 0.3) is 5.91 Å². The molecule has 0 saturated carbocycles. The van der Waals surface area contributed by atoms with Crippen LogP contribution in [0, 0.1) is 13.8 Å². The topological polar surface area (TPSA) is 52.6 Å². The monoisotopic (exact) mass is 262 g/mol. The Balaban J connectivity index is 2.08. The van der Waals surface area contributed by atoms with Crippen molar-refractivity contribution in [3.8, 4) is 0 Å². The molecular formula is C15H22N2O2. The second-order valence-corrected chi connectivity index (χ2v) is 5.61. The highest BCUT2D eigenvalue weighted by Gasteiger charge is 2.33. The van der Waals surface area contributed by atoms with Crippen LogP contribution in [-0.2, 0) is 0 Å². The molecule has 0 aliphatic carbocycles. The molecule has 0 radical (unpaired) electrons. The van der Waals surface area contributed by atoms with Crippen molar-refractivity contribution in [3.63, 3.8) is 0 Å². The smallest absolute Gasteiger partial charge is 0.253 e. The van der Waals surface area contributed by atoms with E-state index in [0.717, 1.165) is 12.1 Å². The lowest BCUT2D eigenvalue weighted by Gasteiger charge is -2.28. The number of rotatable bonds is 3. The normalized spacial score (nSPS) is 22.5. The van der Waals surface area contributed by atoms with E-state index < -0.39 is 5.60 Å². The van der Waals surface area contributed by atoms with Gasteiger partial charge < -0.3 is 15.3 Å². The Morgan fingerprint density at radius 2 is 2.16 bits per heavy atom. The summed E-state index contributed by atoms with van der Waals surface area (Å²) < 4.78 is 0. The quantitative estimate of drug-likeness (QED) is 0.857. The van der Waals surface area contributed by atoms with Crippen LogP contribution in [0.5, 0.6) is 0 Å². The van der Waals surface area contributed by atoms with Gasteiger partial charge in [-0.2, -0.15) is 0 Å². The first-order chi connectivity index (χ1) is 8.91. The van der Waals surface area contributed by atoms with E-state index in [1.807, 2.05) is 32.0 Å². The van der Waals surface area contributed by atoms with Crippen LogP contribution in [0.3, 0.4) is 0 Å². The van der Waals surface area contributed by atoms with Gasteiger partial charge in [0.15, 0.2) is 0 Å². The molecule has 0 bridgehead atoms. The van der Waals surface area contributed by atoms with Crippen LogP contribution in [0.15, 0.2) is 18.2 Å². The molecule has 1 aromatic carbocycles. The molecule has 1 aliphatic rings. The molecular weight excluding hydrogens is 240 g/mol. The Bertz CT molecular complexity index is 479. The highest BCUT2D eigenvalue weighted by atomic mass is 16.3. The maximum absolute atomic E-state index is 12.3. The number of carbonyl (C=O) groups excluding carboxylic acids is 1. The van der Waals surface area contributed by atoms with E-state index in [-0.39, 0.29) is 5.91 Å². The predicted octanol–water partition coefficient (Wildman–Crippen LogP) is 1.10. The zero-order valence-electron chi connectivity index (χ0n) is 11.9. The number of nitrogens with one attached hydrogen (secondary N) is 1. The lowest BCUT2D eigenvalue weighted by molar-refractivity contribution is 0.0252. The lowest BCUT2D eigenvalue weighted by atomic mass is 10.0. The van der Waals surface area contributed by atoms with E-state index in [1.165, 1.54) is 5.56 Å². The summed E-state index contributed by atoms with van der Waals surface area (Å²) in [6.45, 7) is 5.76. The van der Waals surface area contributed by atoms with Gasteiger partial charge in [-0.25, -0.2) is 0 Å². The first kappa shape index (κ1) is 14.0. The Labute approximate surface area is 114 Å². The fourth-order valence-corrected chi connectivity index (χ4v) is 2.47. The summed E-state index contributed by atoms with van der Waals surface area (Å²) in [5, 5.41) is 13.4. The Morgan fingerprint density at radius 1 is 1.42 bits per heavy atom. The van der Waals surface area contributed by atoms with Gasteiger partial charge in [0.1, 0.15) is 0 Å². The largest absolute Gasteiger partial charge is 0.387 e. The van der Waals surface area contributed by atoms with Crippen LogP contribution < -0.4 is 5.32 Å². The number of hydrogen-bond donors (Lipinski definition) is 2. The van der Waals surface area contributed by atoms with Gasteiger partial charge in [-0.3, -0.25) is 4.79 Å². The van der Waals surface area contributed by atoms with Crippen LogP contribution in [0.2, 0.25) is 0 Å². The molecule has 1 aromatic rings. The first-order valence-electron chi connectivity index (χ1n) is 6.67. The van der Waals surface area contributed by atoms with Gasteiger partial charge in [0.05, 0.1) is 12.1 Å². The average Bonchev–Trinajstić information content (AvgIpc) is 2.78. The molecule has 1 aliphatic heterocycles. The number of hydrogen-bond acceptors (Lipinski definition) is 3.